The van der Waals surface area contributed by atoms with Crippen molar-refractivity contribution in [2.24, 2.45) is 0 Å². The molecule has 0 aliphatic heterocycles. The van der Waals surface area contributed by atoms with Crippen LogP contribution in [0, 0.1) is 24.0 Å². The SMILES string of the molecule is CCOC(=O)c1c(NC(=O)COc2cc([N+](=O)[O-])ccc2OC)sc(C)c1C. The number of rotatable bonds is 8. The van der Waals surface area contributed by atoms with Gasteiger partial charge in [0, 0.05) is 10.9 Å². The van der Waals surface area contributed by atoms with Gasteiger partial charge in [0.25, 0.3) is 11.6 Å². The largest absolute Gasteiger partial charge is 0.493 e. The van der Waals surface area contributed by atoms with E-state index < -0.39 is 23.4 Å². The van der Waals surface area contributed by atoms with E-state index in [0.717, 1.165) is 10.4 Å². The van der Waals surface area contributed by atoms with E-state index in [9.17, 15) is 19.7 Å². The number of anilines is 1. The molecule has 0 spiro atoms. The molecule has 2 aromatic rings. The molecule has 1 aromatic carbocycles. The van der Waals surface area contributed by atoms with E-state index in [-0.39, 0.29) is 23.8 Å². The number of benzene rings is 1. The Bertz CT molecular complexity index is 908. The summed E-state index contributed by atoms with van der Waals surface area (Å²) in [4.78, 5) is 35.7. The zero-order chi connectivity index (χ0) is 20.8. The van der Waals surface area contributed by atoms with E-state index in [1.165, 1.54) is 36.6 Å². The van der Waals surface area contributed by atoms with Crippen LogP contribution in [0.2, 0.25) is 0 Å². The number of nitrogens with zero attached hydrogens (tertiary/aromatic N) is 1. The van der Waals surface area contributed by atoms with Crippen LogP contribution in [0.15, 0.2) is 18.2 Å². The van der Waals surface area contributed by atoms with Crippen LogP contribution < -0.4 is 14.8 Å². The minimum Gasteiger partial charge on any atom is -0.493 e. The maximum atomic E-state index is 12.3. The van der Waals surface area contributed by atoms with Crippen molar-refractivity contribution in [3.63, 3.8) is 0 Å². The van der Waals surface area contributed by atoms with Gasteiger partial charge in [-0.1, -0.05) is 0 Å². The third-order valence-electron chi connectivity index (χ3n) is 3.83. The molecule has 0 fully saturated rings. The van der Waals surface area contributed by atoms with Crippen molar-refractivity contribution in [1.29, 1.82) is 0 Å². The summed E-state index contributed by atoms with van der Waals surface area (Å²) in [5.41, 5.74) is 0.857. The van der Waals surface area contributed by atoms with Crippen molar-refractivity contribution in [2.45, 2.75) is 20.8 Å². The Morgan fingerprint density at radius 1 is 1.25 bits per heavy atom. The van der Waals surface area contributed by atoms with Crippen LogP contribution in [-0.4, -0.2) is 37.1 Å². The smallest absolute Gasteiger partial charge is 0.341 e. The average molecular weight is 408 g/mol. The Morgan fingerprint density at radius 3 is 2.57 bits per heavy atom. The lowest BCUT2D eigenvalue weighted by atomic mass is 10.1. The Kier molecular flexibility index (Phi) is 6.94. The Balaban J connectivity index is 2.14. The Hall–Kier alpha value is -3.14. The number of nitro benzene ring substituents is 1. The monoisotopic (exact) mass is 408 g/mol. The van der Waals surface area contributed by atoms with E-state index in [2.05, 4.69) is 5.32 Å². The van der Waals surface area contributed by atoms with Gasteiger partial charge in [-0.3, -0.25) is 14.9 Å². The minimum atomic E-state index is -0.574. The topological polar surface area (TPSA) is 117 Å². The molecule has 0 atom stereocenters. The zero-order valence-electron chi connectivity index (χ0n) is 15.9. The zero-order valence-corrected chi connectivity index (χ0v) is 16.7. The number of nitro groups is 1. The molecule has 1 N–H and O–H groups in total. The van der Waals surface area contributed by atoms with E-state index in [1.807, 2.05) is 6.92 Å². The van der Waals surface area contributed by atoms with Crippen LogP contribution >= 0.6 is 11.3 Å². The van der Waals surface area contributed by atoms with Gasteiger partial charge in [0.1, 0.15) is 5.00 Å². The second-order valence-electron chi connectivity index (χ2n) is 5.64. The van der Waals surface area contributed by atoms with E-state index in [1.54, 1.807) is 13.8 Å². The molecule has 0 saturated heterocycles. The Morgan fingerprint density at radius 2 is 1.96 bits per heavy atom. The number of nitrogens with one attached hydrogen (secondary N) is 1. The molecule has 0 saturated carbocycles. The van der Waals surface area contributed by atoms with Crippen LogP contribution in [0.5, 0.6) is 11.5 Å². The molecule has 1 aromatic heterocycles. The van der Waals surface area contributed by atoms with Crippen molar-refractivity contribution in [3.8, 4) is 11.5 Å². The van der Waals surface area contributed by atoms with Crippen LogP contribution in [0.4, 0.5) is 10.7 Å². The minimum absolute atomic E-state index is 0.0657. The first-order valence-electron chi connectivity index (χ1n) is 8.30. The van der Waals surface area contributed by atoms with Gasteiger partial charge in [0.15, 0.2) is 18.1 Å². The quantitative estimate of drug-likeness (QED) is 0.404. The molecule has 0 aliphatic carbocycles. The standard InChI is InChI=1S/C18H20N2O7S/c1-5-26-18(22)16-10(2)11(3)28-17(16)19-15(21)9-27-14-8-12(20(23)24)6-7-13(14)25-4/h6-8H,5,9H2,1-4H3,(H,19,21). The number of carbonyl (C=O) groups excluding carboxylic acids is 2. The number of carbonyl (C=O) groups is 2. The molecule has 9 nitrogen and oxygen atoms in total. The molecule has 28 heavy (non-hydrogen) atoms. The highest BCUT2D eigenvalue weighted by atomic mass is 32.1. The van der Waals surface area contributed by atoms with Crippen LogP contribution in [-0.2, 0) is 9.53 Å². The van der Waals surface area contributed by atoms with Crippen molar-refractivity contribution in [1.82, 2.24) is 0 Å². The second kappa shape index (κ2) is 9.18. The second-order valence-corrected chi connectivity index (χ2v) is 6.86. The number of amides is 1. The van der Waals surface area contributed by atoms with Gasteiger partial charge < -0.3 is 19.5 Å². The summed E-state index contributed by atoms with van der Waals surface area (Å²) in [5, 5.41) is 13.9. The third kappa shape index (κ3) is 4.77. The summed E-state index contributed by atoms with van der Waals surface area (Å²) < 4.78 is 15.5. The summed E-state index contributed by atoms with van der Waals surface area (Å²) in [5.74, 6) is -0.717. The molecule has 1 heterocycles. The number of methoxy groups -OCH3 is 1. The first kappa shape index (κ1) is 21.2. The number of non-ortho nitro benzene ring substituents is 1. The maximum absolute atomic E-state index is 12.3. The highest BCUT2D eigenvalue weighted by Gasteiger charge is 2.22. The summed E-state index contributed by atoms with van der Waals surface area (Å²) in [6, 6.07) is 3.83. The normalized spacial score (nSPS) is 10.3. The van der Waals surface area contributed by atoms with E-state index in [4.69, 9.17) is 14.2 Å². The third-order valence-corrected chi connectivity index (χ3v) is 4.96. The molecule has 0 unspecified atom stereocenters. The fourth-order valence-corrected chi connectivity index (χ4v) is 3.43. The molecular weight excluding hydrogens is 388 g/mol. The fraction of sp³-hybridized carbons (Fsp3) is 0.333. The van der Waals surface area contributed by atoms with Crippen molar-refractivity contribution < 1.29 is 28.7 Å². The predicted octanol–water partition coefficient (Wildman–Crippen LogP) is 3.48. The first-order chi connectivity index (χ1) is 13.3. The van der Waals surface area contributed by atoms with Gasteiger partial charge >= 0.3 is 5.97 Å². The number of ether oxygens (including phenoxy) is 3. The number of hydrogen-bond donors (Lipinski definition) is 1. The lowest BCUT2D eigenvalue weighted by Crippen LogP contribution is -2.21. The predicted molar refractivity (Wildman–Crippen MR) is 104 cm³/mol. The van der Waals surface area contributed by atoms with Gasteiger partial charge in [0.05, 0.1) is 30.3 Å². The highest BCUT2D eigenvalue weighted by Crippen LogP contribution is 2.34. The molecular formula is C18H20N2O7S. The highest BCUT2D eigenvalue weighted by molar-refractivity contribution is 7.16. The van der Waals surface area contributed by atoms with Crippen LogP contribution in [0.3, 0.4) is 0 Å². The molecule has 150 valence electrons. The van der Waals surface area contributed by atoms with Gasteiger partial charge in [-0.25, -0.2) is 4.79 Å². The summed E-state index contributed by atoms with van der Waals surface area (Å²) in [7, 11) is 1.39. The van der Waals surface area contributed by atoms with Crippen molar-refractivity contribution in [3.05, 3.63) is 44.3 Å². The van der Waals surface area contributed by atoms with Crippen molar-refractivity contribution >= 4 is 33.9 Å². The lowest BCUT2D eigenvalue weighted by molar-refractivity contribution is -0.385. The van der Waals surface area contributed by atoms with Crippen LogP contribution in [0.25, 0.3) is 0 Å². The molecule has 0 aliphatic rings. The Labute approximate surface area is 165 Å². The molecule has 1 amide bonds. The van der Waals surface area contributed by atoms with Gasteiger partial charge in [-0.05, 0) is 32.4 Å². The first-order valence-corrected chi connectivity index (χ1v) is 9.12. The molecule has 10 heteroatoms. The van der Waals surface area contributed by atoms with Gasteiger partial charge in [-0.15, -0.1) is 11.3 Å². The van der Waals surface area contributed by atoms with Crippen molar-refractivity contribution in [2.75, 3.05) is 25.6 Å². The van der Waals surface area contributed by atoms with Gasteiger partial charge in [-0.2, -0.15) is 0 Å². The lowest BCUT2D eigenvalue weighted by Gasteiger charge is -2.11. The van der Waals surface area contributed by atoms with Crippen LogP contribution in [0.1, 0.15) is 27.7 Å². The summed E-state index contributed by atoms with van der Waals surface area (Å²) >= 11 is 1.26. The molecule has 0 bridgehead atoms. The van der Waals surface area contributed by atoms with E-state index in [0.29, 0.717) is 10.6 Å². The van der Waals surface area contributed by atoms with Gasteiger partial charge in [0.2, 0.25) is 0 Å². The number of hydrogen-bond acceptors (Lipinski definition) is 8. The van der Waals surface area contributed by atoms with E-state index >= 15 is 0 Å². The fourth-order valence-electron chi connectivity index (χ4n) is 2.36. The maximum Gasteiger partial charge on any atom is 0.341 e. The molecule has 2 rings (SSSR count). The summed E-state index contributed by atoms with van der Waals surface area (Å²) in [6.45, 7) is 5.11. The number of thiophene rings is 1. The summed E-state index contributed by atoms with van der Waals surface area (Å²) in [6.07, 6.45) is 0. The number of aryl methyl sites for hydroxylation is 1. The number of esters is 1. The average Bonchev–Trinajstić information content (AvgIpc) is 2.93. The molecule has 0 radical (unpaired) electrons.